The Morgan fingerprint density at radius 3 is 2.27 bits per heavy atom. The first-order chi connectivity index (χ1) is 12.4. The van der Waals surface area contributed by atoms with Crippen molar-refractivity contribution < 1.29 is 0 Å². The summed E-state index contributed by atoms with van der Waals surface area (Å²) < 4.78 is 1.99. The van der Waals surface area contributed by atoms with Crippen molar-refractivity contribution >= 4 is 0 Å². The molecule has 0 N–H and O–H groups in total. The van der Waals surface area contributed by atoms with Crippen LogP contribution in [0.25, 0.3) is 0 Å². The second-order valence-electron chi connectivity index (χ2n) is 8.48. The van der Waals surface area contributed by atoms with Crippen molar-refractivity contribution in [3.63, 3.8) is 0 Å². The molecule has 3 rings (SSSR count). The fraction of sp³-hybridized carbons (Fsp3) is 0.684. The Labute approximate surface area is 156 Å². The standard InChI is InChI=1S/C19H31N7/c1-15(2)17(18-21-22-23-26(18)19(3,4)5)25-12-10-24(11-13-25)14-16-6-8-20-9-7-16/h6-9,15,17H,10-14H2,1-5H3. The number of hydrogen-bond donors (Lipinski definition) is 0. The summed E-state index contributed by atoms with van der Waals surface area (Å²) in [5.41, 5.74) is 1.21. The van der Waals surface area contributed by atoms with Gasteiger partial charge in [0.2, 0.25) is 0 Å². The summed E-state index contributed by atoms with van der Waals surface area (Å²) in [5, 5.41) is 12.7. The Bertz CT molecular complexity index is 681. The topological polar surface area (TPSA) is 63.0 Å². The molecule has 0 aromatic carbocycles. The number of pyridine rings is 1. The molecule has 3 heterocycles. The van der Waals surface area contributed by atoms with Gasteiger partial charge in [-0.2, -0.15) is 0 Å². The molecule has 1 aliphatic rings. The predicted octanol–water partition coefficient (Wildman–Crippen LogP) is 2.34. The van der Waals surface area contributed by atoms with E-state index in [4.69, 9.17) is 0 Å². The minimum absolute atomic E-state index is 0.116. The number of rotatable bonds is 5. The highest BCUT2D eigenvalue weighted by molar-refractivity contribution is 5.09. The molecule has 2 aromatic rings. The second kappa shape index (κ2) is 7.80. The molecule has 0 saturated carbocycles. The van der Waals surface area contributed by atoms with Gasteiger partial charge in [-0.05, 0) is 54.8 Å². The van der Waals surface area contributed by atoms with Gasteiger partial charge in [0, 0.05) is 45.1 Å². The zero-order chi connectivity index (χ0) is 18.7. The average Bonchev–Trinajstić information content (AvgIpc) is 3.07. The molecule has 142 valence electrons. The molecule has 7 nitrogen and oxygen atoms in total. The van der Waals surface area contributed by atoms with Crippen molar-refractivity contribution in [2.45, 2.75) is 52.7 Å². The van der Waals surface area contributed by atoms with Crippen molar-refractivity contribution in [3.8, 4) is 0 Å². The third-order valence-electron chi connectivity index (χ3n) is 4.98. The summed E-state index contributed by atoms with van der Waals surface area (Å²) in [7, 11) is 0. The van der Waals surface area contributed by atoms with Crippen LogP contribution in [0.15, 0.2) is 24.5 Å². The minimum atomic E-state index is -0.116. The number of hydrogen-bond acceptors (Lipinski definition) is 6. The molecule has 1 atom stereocenters. The summed E-state index contributed by atoms with van der Waals surface area (Å²) in [6.07, 6.45) is 3.74. The number of tetrazole rings is 1. The Morgan fingerprint density at radius 1 is 1.04 bits per heavy atom. The number of nitrogens with zero attached hydrogens (tertiary/aromatic N) is 7. The molecule has 7 heteroatoms. The van der Waals surface area contributed by atoms with Crippen molar-refractivity contribution in [1.29, 1.82) is 0 Å². The van der Waals surface area contributed by atoms with Gasteiger partial charge in [-0.3, -0.25) is 14.8 Å². The first-order valence-electron chi connectivity index (χ1n) is 9.50. The van der Waals surface area contributed by atoms with Crippen LogP contribution in [0.4, 0.5) is 0 Å². The molecule has 0 spiro atoms. The predicted molar refractivity (Wildman–Crippen MR) is 101 cm³/mol. The molecule has 1 aliphatic heterocycles. The zero-order valence-electron chi connectivity index (χ0n) is 16.6. The molecule has 26 heavy (non-hydrogen) atoms. The lowest BCUT2D eigenvalue weighted by molar-refractivity contribution is 0.0638. The van der Waals surface area contributed by atoms with Gasteiger partial charge in [-0.25, -0.2) is 4.68 Å². The van der Waals surface area contributed by atoms with E-state index in [1.165, 1.54) is 5.56 Å². The maximum absolute atomic E-state index is 4.41. The number of aromatic nitrogens is 5. The van der Waals surface area contributed by atoms with E-state index >= 15 is 0 Å². The largest absolute Gasteiger partial charge is 0.297 e. The molecular formula is C19H31N7. The molecule has 1 unspecified atom stereocenters. The maximum Gasteiger partial charge on any atom is 0.169 e. The fourth-order valence-electron chi connectivity index (χ4n) is 3.69. The zero-order valence-corrected chi connectivity index (χ0v) is 16.6. The van der Waals surface area contributed by atoms with E-state index in [1.807, 2.05) is 17.1 Å². The summed E-state index contributed by atoms with van der Waals surface area (Å²) in [5.74, 6) is 1.43. The summed E-state index contributed by atoms with van der Waals surface area (Å²) in [6, 6.07) is 4.44. The minimum Gasteiger partial charge on any atom is -0.297 e. The van der Waals surface area contributed by atoms with Crippen molar-refractivity contribution in [2.75, 3.05) is 26.2 Å². The highest BCUT2D eigenvalue weighted by atomic mass is 15.6. The van der Waals surface area contributed by atoms with Crippen LogP contribution >= 0.6 is 0 Å². The van der Waals surface area contributed by atoms with Gasteiger partial charge in [-0.15, -0.1) is 5.10 Å². The van der Waals surface area contributed by atoms with E-state index < -0.39 is 0 Å². The van der Waals surface area contributed by atoms with Crippen LogP contribution in [0.1, 0.15) is 52.0 Å². The van der Waals surface area contributed by atoms with Crippen molar-refractivity contribution in [1.82, 2.24) is 35.0 Å². The normalized spacial score (nSPS) is 18.4. The van der Waals surface area contributed by atoms with Gasteiger partial charge < -0.3 is 0 Å². The quantitative estimate of drug-likeness (QED) is 0.818. The van der Waals surface area contributed by atoms with Gasteiger partial charge in [0.25, 0.3) is 0 Å². The van der Waals surface area contributed by atoms with Crippen LogP contribution < -0.4 is 0 Å². The molecular weight excluding hydrogens is 326 g/mol. The molecule has 1 saturated heterocycles. The van der Waals surface area contributed by atoms with E-state index in [0.29, 0.717) is 5.92 Å². The fourth-order valence-corrected chi connectivity index (χ4v) is 3.69. The van der Waals surface area contributed by atoms with Gasteiger partial charge in [-0.1, -0.05) is 13.8 Å². The van der Waals surface area contributed by atoms with E-state index in [2.05, 4.69) is 77.1 Å². The summed E-state index contributed by atoms with van der Waals surface area (Å²) in [6.45, 7) is 16.1. The third kappa shape index (κ3) is 4.27. The monoisotopic (exact) mass is 357 g/mol. The van der Waals surface area contributed by atoms with Crippen LogP contribution in [0.3, 0.4) is 0 Å². The van der Waals surface area contributed by atoms with Crippen LogP contribution in [-0.2, 0) is 12.1 Å². The van der Waals surface area contributed by atoms with Crippen molar-refractivity contribution in [3.05, 3.63) is 35.9 Å². The van der Waals surface area contributed by atoms with Crippen molar-refractivity contribution in [2.24, 2.45) is 5.92 Å². The van der Waals surface area contributed by atoms with E-state index in [9.17, 15) is 0 Å². The highest BCUT2D eigenvalue weighted by Crippen LogP contribution is 2.30. The van der Waals surface area contributed by atoms with E-state index in [0.717, 1.165) is 38.5 Å². The first-order valence-corrected chi connectivity index (χ1v) is 9.50. The second-order valence-corrected chi connectivity index (χ2v) is 8.48. The molecule has 0 bridgehead atoms. The van der Waals surface area contributed by atoms with Gasteiger partial charge in [0.1, 0.15) is 0 Å². The van der Waals surface area contributed by atoms with E-state index in [1.54, 1.807) is 0 Å². The highest BCUT2D eigenvalue weighted by Gasteiger charge is 2.33. The Hall–Kier alpha value is -1.86. The Kier molecular flexibility index (Phi) is 5.67. The van der Waals surface area contributed by atoms with E-state index in [-0.39, 0.29) is 11.6 Å². The lowest BCUT2D eigenvalue weighted by Crippen LogP contribution is -2.49. The van der Waals surface area contributed by atoms with Crippen LogP contribution in [0.2, 0.25) is 0 Å². The third-order valence-corrected chi connectivity index (χ3v) is 4.98. The maximum atomic E-state index is 4.41. The van der Waals surface area contributed by atoms with Gasteiger partial charge in [0.15, 0.2) is 5.82 Å². The smallest absolute Gasteiger partial charge is 0.169 e. The molecule has 0 amide bonds. The molecule has 2 aromatic heterocycles. The lowest BCUT2D eigenvalue weighted by atomic mass is 9.99. The molecule has 1 fully saturated rings. The van der Waals surface area contributed by atoms with Gasteiger partial charge in [0.05, 0.1) is 11.6 Å². The Balaban J connectivity index is 1.69. The molecule has 0 radical (unpaired) electrons. The first kappa shape index (κ1) is 18.9. The summed E-state index contributed by atoms with van der Waals surface area (Å²) >= 11 is 0. The number of piperazine rings is 1. The van der Waals surface area contributed by atoms with Crippen LogP contribution in [-0.4, -0.2) is 61.2 Å². The SMILES string of the molecule is CC(C)C(c1nnnn1C(C)(C)C)N1CCN(Cc2ccncc2)CC1. The Morgan fingerprint density at radius 2 is 1.69 bits per heavy atom. The van der Waals surface area contributed by atoms with Crippen LogP contribution in [0.5, 0.6) is 0 Å². The lowest BCUT2D eigenvalue weighted by Gasteiger charge is -2.40. The van der Waals surface area contributed by atoms with Crippen LogP contribution in [0, 0.1) is 5.92 Å². The molecule has 0 aliphatic carbocycles. The average molecular weight is 358 g/mol. The van der Waals surface area contributed by atoms with Gasteiger partial charge >= 0.3 is 0 Å². The summed E-state index contributed by atoms with van der Waals surface area (Å²) in [4.78, 5) is 9.15.